The van der Waals surface area contributed by atoms with Crippen LogP contribution in [-0.4, -0.2) is 17.5 Å². The van der Waals surface area contributed by atoms with Crippen molar-refractivity contribution in [2.24, 2.45) is 0 Å². The maximum Gasteiger partial charge on any atom is 0.193 e. The van der Waals surface area contributed by atoms with E-state index < -0.39 is 0 Å². The van der Waals surface area contributed by atoms with Gasteiger partial charge in [0.25, 0.3) is 0 Å². The summed E-state index contributed by atoms with van der Waals surface area (Å²) in [6.07, 6.45) is 0.402. The first-order valence-electron chi connectivity index (χ1n) is 7.79. The normalized spacial score (nSPS) is 10.6. The van der Waals surface area contributed by atoms with Crippen LogP contribution in [0.25, 0.3) is 11.1 Å². The molecule has 3 heteroatoms. The van der Waals surface area contributed by atoms with Gasteiger partial charge < -0.3 is 5.11 Å². The lowest BCUT2D eigenvalue weighted by atomic mass is 9.89. The molecule has 2 nitrogen and oxygen atoms in total. The van der Waals surface area contributed by atoms with Gasteiger partial charge in [0.05, 0.1) is 0 Å². The number of rotatable bonds is 5. The van der Waals surface area contributed by atoms with Gasteiger partial charge in [0.1, 0.15) is 0 Å². The van der Waals surface area contributed by atoms with Crippen molar-refractivity contribution in [3.05, 3.63) is 94.5 Å². The van der Waals surface area contributed by atoms with Crippen LogP contribution >= 0.6 is 11.6 Å². The number of carbonyl (C=O) groups excluding carboxylic acids is 1. The third kappa shape index (κ3) is 3.25. The van der Waals surface area contributed by atoms with Crippen LogP contribution in [0.3, 0.4) is 0 Å². The number of hydrogen-bond donors (Lipinski definition) is 1. The van der Waals surface area contributed by atoms with Crippen molar-refractivity contribution in [3.63, 3.8) is 0 Å². The van der Waals surface area contributed by atoms with Gasteiger partial charge in [0.15, 0.2) is 5.78 Å². The smallest absolute Gasteiger partial charge is 0.193 e. The molecule has 0 saturated carbocycles. The minimum absolute atomic E-state index is 0.0253. The van der Waals surface area contributed by atoms with E-state index in [0.717, 1.165) is 16.7 Å². The Kier molecular flexibility index (Phi) is 5.09. The second-order valence-electron chi connectivity index (χ2n) is 5.48. The lowest BCUT2D eigenvalue weighted by Gasteiger charge is -2.16. The predicted molar refractivity (Wildman–Crippen MR) is 97.6 cm³/mol. The van der Waals surface area contributed by atoms with Crippen molar-refractivity contribution in [1.29, 1.82) is 0 Å². The van der Waals surface area contributed by atoms with Crippen LogP contribution in [0.5, 0.6) is 0 Å². The van der Waals surface area contributed by atoms with Crippen molar-refractivity contribution in [2.75, 3.05) is 6.61 Å². The van der Waals surface area contributed by atoms with Crippen LogP contribution < -0.4 is 0 Å². The fraction of sp³-hybridized carbons (Fsp3) is 0.0952. The van der Waals surface area contributed by atoms with E-state index in [1.807, 2.05) is 48.5 Å². The van der Waals surface area contributed by atoms with Gasteiger partial charge >= 0.3 is 0 Å². The van der Waals surface area contributed by atoms with E-state index in [0.29, 0.717) is 22.6 Å². The lowest BCUT2D eigenvalue weighted by Crippen LogP contribution is -2.07. The van der Waals surface area contributed by atoms with Gasteiger partial charge in [-0.3, -0.25) is 4.79 Å². The molecule has 0 aliphatic heterocycles. The standard InChI is InChI=1S/C21H17ClO2/c22-19-12-11-18(21(24)16-9-5-2-6-10-16)20(17(19)13-14-23)15-7-3-1-4-8-15/h1-12,23H,13-14H2. The maximum absolute atomic E-state index is 13.0. The largest absolute Gasteiger partial charge is 0.396 e. The van der Waals surface area contributed by atoms with Crippen LogP contribution in [0.15, 0.2) is 72.8 Å². The number of ketones is 1. The molecule has 0 aliphatic carbocycles. The van der Waals surface area contributed by atoms with Crippen molar-refractivity contribution >= 4 is 17.4 Å². The molecule has 0 heterocycles. The van der Waals surface area contributed by atoms with Gasteiger partial charge in [-0.05, 0) is 35.2 Å². The molecule has 0 amide bonds. The van der Waals surface area contributed by atoms with Crippen LogP contribution in [0.1, 0.15) is 21.5 Å². The molecule has 0 saturated heterocycles. The van der Waals surface area contributed by atoms with Crippen molar-refractivity contribution in [3.8, 4) is 11.1 Å². The predicted octanol–water partition coefficient (Wildman–Crippen LogP) is 4.77. The molecule has 0 spiro atoms. The summed E-state index contributed by atoms with van der Waals surface area (Å²) >= 11 is 6.36. The zero-order valence-electron chi connectivity index (χ0n) is 13.1. The summed E-state index contributed by atoms with van der Waals surface area (Å²) in [4.78, 5) is 13.0. The molecule has 3 rings (SSSR count). The fourth-order valence-corrected chi connectivity index (χ4v) is 3.10. The maximum atomic E-state index is 13.0. The number of aliphatic hydroxyl groups is 1. The number of halogens is 1. The van der Waals surface area contributed by atoms with E-state index >= 15 is 0 Å². The van der Waals surface area contributed by atoms with Crippen molar-refractivity contribution in [2.45, 2.75) is 6.42 Å². The summed E-state index contributed by atoms with van der Waals surface area (Å²) in [6, 6.07) is 22.4. The second kappa shape index (κ2) is 7.43. The summed E-state index contributed by atoms with van der Waals surface area (Å²) in [5.74, 6) is -0.0506. The molecular formula is C21H17ClO2. The molecule has 3 aromatic carbocycles. The third-order valence-corrected chi connectivity index (χ3v) is 4.31. The highest BCUT2D eigenvalue weighted by atomic mass is 35.5. The summed E-state index contributed by atoms with van der Waals surface area (Å²) < 4.78 is 0. The summed E-state index contributed by atoms with van der Waals surface area (Å²) in [6.45, 7) is -0.0253. The highest BCUT2D eigenvalue weighted by molar-refractivity contribution is 6.32. The van der Waals surface area contributed by atoms with Crippen LogP contribution in [0.4, 0.5) is 0 Å². The van der Waals surface area contributed by atoms with E-state index in [1.165, 1.54) is 0 Å². The fourth-order valence-electron chi connectivity index (χ4n) is 2.85. The molecule has 3 aromatic rings. The minimum atomic E-state index is -0.0506. The Morgan fingerprint density at radius 1 is 0.875 bits per heavy atom. The van der Waals surface area contributed by atoms with Crippen LogP contribution in [-0.2, 0) is 6.42 Å². The van der Waals surface area contributed by atoms with Crippen LogP contribution in [0, 0.1) is 0 Å². The third-order valence-electron chi connectivity index (χ3n) is 3.96. The van der Waals surface area contributed by atoms with E-state index in [4.69, 9.17) is 11.6 Å². The molecule has 120 valence electrons. The quantitative estimate of drug-likeness (QED) is 0.681. The molecule has 0 radical (unpaired) electrons. The molecule has 1 N–H and O–H groups in total. The second-order valence-corrected chi connectivity index (χ2v) is 5.89. The molecule has 0 atom stereocenters. The van der Waals surface area contributed by atoms with E-state index in [9.17, 15) is 9.90 Å². The van der Waals surface area contributed by atoms with Crippen molar-refractivity contribution in [1.82, 2.24) is 0 Å². The zero-order valence-corrected chi connectivity index (χ0v) is 13.8. The number of aliphatic hydroxyl groups excluding tert-OH is 1. The Morgan fingerprint density at radius 2 is 1.50 bits per heavy atom. The topological polar surface area (TPSA) is 37.3 Å². The Morgan fingerprint density at radius 3 is 2.12 bits per heavy atom. The molecule has 0 unspecified atom stereocenters. The molecule has 24 heavy (non-hydrogen) atoms. The van der Waals surface area contributed by atoms with Gasteiger partial charge in [-0.2, -0.15) is 0 Å². The van der Waals surface area contributed by atoms with Gasteiger partial charge in [-0.15, -0.1) is 0 Å². The average Bonchev–Trinajstić information content (AvgIpc) is 2.64. The van der Waals surface area contributed by atoms with Gasteiger partial charge in [0, 0.05) is 22.8 Å². The molecule has 0 aliphatic rings. The van der Waals surface area contributed by atoms with Crippen LogP contribution in [0.2, 0.25) is 5.02 Å². The Hall–Kier alpha value is -2.42. The molecule has 0 bridgehead atoms. The highest BCUT2D eigenvalue weighted by Crippen LogP contribution is 2.34. The SMILES string of the molecule is O=C(c1ccccc1)c1ccc(Cl)c(CCO)c1-c1ccccc1. The molecule has 0 aromatic heterocycles. The average molecular weight is 337 g/mol. The Bertz CT molecular complexity index is 842. The van der Waals surface area contributed by atoms with Gasteiger partial charge in [-0.1, -0.05) is 72.3 Å². The van der Waals surface area contributed by atoms with Gasteiger partial charge in [-0.25, -0.2) is 0 Å². The summed E-state index contributed by atoms with van der Waals surface area (Å²) in [7, 11) is 0. The lowest BCUT2D eigenvalue weighted by molar-refractivity contribution is 0.103. The van der Waals surface area contributed by atoms with E-state index in [-0.39, 0.29) is 12.4 Å². The van der Waals surface area contributed by atoms with Crippen molar-refractivity contribution < 1.29 is 9.90 Å². The van der Waals surface area contributed by atoms with E-state index in [2.05, 4.69) is 0 Å². The Labute approximate surface area is 146 Å². The summed E-state index contributed by atoms with van der Waals surface area (Å²) in [5, 5.41) is 9.98. The first kappa shape index (κ1) is 16.4. The summed E-state index contributed by atoms with van der Waals surface area (Å²) in [5.41, 5.74) is 3.74. The molecular weight excluding hydrogens is 320 g/mol. The number of benzene rings is 3. The van der Waals surface area contributed by atoms with E-state index in [1.54, 1.807) is 24.3 Å². The minimum Gasteiger partial charge on any atom is -0.396 e. The first-order valence-corrected chi connectivity index (χ1v) is 8.17. The first-order chi connectivity index (χ1) is 11.7. The van der Waals surface area contributed by atoms with Gasteiger partial charge in [0.2, 0.25) is 0 Å². The molecule has 0 fully saturated rings. The zero-order chi connectivity index (χ0) is 16.9. The number of hydrogen-bond acceptors (Lipinski definition) is 2. The number of carbonyl (C=O) groups is 1. The Balaban J connectivity index is 2.23. The monoisotopic (exact) mass is 336 g/mol. The highest BCUT2D eigenvalue weighted by Gasteiger charge is 2.19.